The highest BCUT2D eigenvalue weighted by molar-refractivity contribution is 4.88. The van der Waals surface area contributed by atoms with Crippen LogP contribution in [0.5, 0.6) is 0 Å². The van der Waals surface area contributed by atoms with Gasteiger partial charge in [-0.3, -0.25) is 9.80 Å². The molecular weight excluding hydrogens is 556 g/mol. The lowest BCUT2D eigenvalue weighted by atomic mass is 9.85. The van der Waals surface area contributed by atoms with Gasteiger partial charge in [0.05, 0.1) is 0 Å². The second-order valence-electron chi connectivity index (χ2n) is 14.1. The highest BCUT2D eigenvalue weighted by atomic mass is 16.7. The van der Waals surface area contributed by atoms with E-state index < -0.39 is 0 Å². The maximum atomic E-state index is 9.23. The molecule has 2 saturated heterocycles. The van der Waals surface area contributed by atoms with Crippen molar-refractivity contribution in [1.82, 2.24) is 9.80 Å². The minimum absolute atomic E-state index is 0.312. The predicted molar refractivity (Wildman–Crippen MR) is 176 cm³/mol. The first kappa shape index (κ1) is 36.5. The number of aliphatic hydroxyl groups excluding tert-OH is 1. The maximum absolute atomic E-state index is 9.23. The molecule has 0 radical (unpaired) electrons. The Balaban J connectivity index is 0.000000204. The first-order chi connectivity index (χ1) is 21.5. The molecule has 3 saturated carbocycles. The number of rotatable bonds is 15. The molecule has 3 aliphatic carbocycles. The number of hydrogen-bond donors (Lipinski definition) is 1. The van der Waals surface area contributed by atoms with Crippen LogP contribution in [0, 0.1) is 17.8 Å². The van der Waals surface area contributed by atoms with E-state index >= 15 is 0 Å². The van der Waals surface area contributed by atoms with Crippen molar-refractivity contribution >= 4 is 0 Å². The molecular formula is C36H68N2O6. The molecule has 2 heterocycles. The van der Waals surface area contributed by atoms with Crippen LogP contribution in [0.25, 0.3) is 0 Å². The number of nitrogens with zero attached hydrogens (tertiary/aromatic N) is 2. The Morgan fingerprint density at radius 2 is 0.818 bits per heavy atom. The molecule has 2 aliphatic heterocycles. The molecule has 0 spiro atoms. The number of ether oxygens (including phenoxy) is 5. The van der Waals surface area contributed by atoms with Gasteiger partial charge in [-0.15, -0.1) is 0 Å². The van der Waals surface area contributed by atoms with E-state index in [2.05, 4.69) is 23.6 Å². The van der Waals surface area contributed by atoms with E-state index in [0.29, 0.717) is 18.6 Å². The summed E-state index contributed by atoms with van der Waals surface area (Å²) in [6, 6.07) is 1.48. The molecule has 44 heavy (non-hydrogen) atoms. The molecule has 0 aromatic rings. The normalized spacial score (nSPS) is 31.3. The third-order valence-corrected chi connectivity index (χ3v) is 11.1. The number of piperidine rings is 2. The molecule has 8 heteroatoms. The summed E-state index contributed by atoms with van der Waals surface area (Å²) in [5, 5.41) is 9.23. The molecule has 0 amide bonds. The average molecular weight is 625 g/mol. The van der Waals surface area contributed by atoms with Gasteiger partial charge in [0, 0.05) is 110 Å². The van der Waals surface area contributed by atoms with Crippen LogP contribution < -0.4 is 0 Å². The summed E-state index contributed by atoms with van der Waals surface area (Å²) in [6.07, 6.45) is 17.0. The first-order valence-electron chi connectivity index (χ1n) is 18.7. The second-order valence-corrected chi connectivity index (χ2v) is 14.1. The zero-order valence-electron chi connectivity index (χ0n) is 28.9. The predicted octanol–water partition coefficient (Wildman–Crippen LogP) is 6.24. The molecule has 8 nitrogen and oxygen atoms in total. The van der Waals surface area contributed by atoms with Gasteiger partial charge in [0.2, 0.25) is 0 Å². The summed E-state index contributed by atoms with van der Waals surface area (Å²) in [5.74, 6) is 1.60. The zero-order valence-corrected chi connectivity index (χ0v) is 28.9. The summed E-state index contributed by atoms with van der Waals surface area (Å²) in [5.41, 5.74) is 0. The summed E-state index contributed by atoms with van der Waals surface area (Å²) >= 11 is 0. The van der Waals surface area contributed by atoms with Gasteiger partial charge < -0.3 is 28.8 Å². The van der Waals surface area contributed by atoms with E-state index in [1.807, 2.05) is 13.8 Å². The van der Waals surface area contributed by atoms with E-state index in [1.54, 1.807) is 0 Å². The maximum Gasteiger partial charge on any atom is 0.170 e. The Morgan fingerprint density at radius 3 is 1.11 bits per heavy atom. The Bertz CT molecular complexity index is 734. The van der Waals surface area contributed by atoms with E-state index in [4.69, 9.17) is 23.7 Å². The summed E-state index contributed by atoms with van der Waals surface area (Å²) < 4.78 is 29.6. The molecule has 0 aromatic carbocycles. The third-order valence-electron chi connectivity index (χ3n) is 11.1. The lowest BCUT2D eigenvalue weighted by Crippen LogP contribution is -2.51. The molecule has 0 atom stereocenters. The van der Waals surface area contributed by atoms with Crippen LogP contribution in [0.2, 0.25) is 0 Å². The number of likely N-dealkylation sites (tertiary alicyclic amines) is 2. The molecule has 0 unspecified atom stereocenters. The van der Waals surface area contributed by atoms with Crippen LogP contribution in [0.15, 0.2) is 0 Å². The zero-order chi connectivity index (χ0) is 31.3. The van der Waals surface area contributed by atoms with Gasteiger partial charge >= 0.3 is 0 Å². The second kappa shape index (κ2) is 18.9. The fraction of sp³-hybridized carbons (Fsp3) is 1.00. The van der Waals surface area contributed by atoms with E-state index in [1.165, 1.54) is 64.2 Å². The highest BCUT2D eigenvalue weighted by Gasteiger charge is 2.40. The summed E-state index contributed by atoms with van der Waals surface area (Å²) in [6.45, 7) is 17.9. The van der Waals surface area contributed by atoms with E-state index in [-0.39, 0.29) is 11.6 Å². The van der Waals surface area contributed by atoms with Crippen LogP contribution in [0.3, 0.4) is 0 Å². The number of aliphatic hydroxyl groups is 1. The Morgan fingerprint density at radius 1 is 0.500 bits per heavy atom. The smallest absolute Gasteiger partial charge is 0.170 e. The van der Waals surface area contributed by atoms with Crippen molar-refractivity contribution in [3.63, 3.8) is 0 Å². The van der Waals surface area contributed by atoms with Crippen molar-refractivity contribution in [3.8, 4) is 0 Å². The van der Waals surface area contributed by atoms with Crippen molar-refractivity contribution in [2.75, 3.05) is 72.4 Å². The van der Waals surface area contributed by atoms with Crippen LogP contribution in [-0.4, -0.2) is 111 Å². The van der Waals surface area contributed by atoms with E-state index in [9.17, 15) is 5.11 Å². The topological polar surface area (TPSA) is 72.9 Å². The van der Waals surface area contributed by atoms with Crippen LogP contribution in [0.4, 0.5) is 0 Å². The highest BCUT2D eigenvalue weighted by Crippen LogP contribution is 2.35. The van der Waals surface area contributed by atoms with Crippen molar-refractivity contribution in [1.29, 1.82) is 0 Å². The van der Waals surface area contributed by atoms with Gasteiger partial charge in [-0.1, -0.05) is 0 Å². The van der Waals surface area contributed by atoms with Gasteiger partial charge in [0.1, 0.15) is 0 Å². The fourth-order valence-corrected chi connectivity index (χ4v) is 8.23. The first-order valence-corrected chi connectivity index (χ1v) is 18.7. The SMILES string of the molecule is CCOC1(OCC)CCN(C2CCC(CO)CC2)CC1.CCOC1(OCC)CCN(C2CCC(COCC3CC3)CC2)CC1. The van der Waals surface area contributed by atoms with Crippen LogP contribution in [0.1, 0.15) is 118 Å². The van der Waals surface area contributed by atoms with E-state index in [0.717, 1.165) is 109 Å². The van der Waals surface area contributed by atoms with Gasteiger partial charge in [-0.25, -0.2) is 0 Å². The molecule has 0 aromatic heterocycles. The minimum Gasteiger partial charge on any atom is -0.396 e. The van der Waals surface area contributed by atoms with Crippen molar-refractivity contribution in [2.24, 2.45) is 17.8 Å². The monoisotopic (exact) mass is 625 g/mol. The Labute approximate surface area is 269 Å². The van der Waals surface area contributed by atoms with Gasteiger partial charge in [0.25, 0.3) is 0 Å². The quantitative estimate of drug-likeness (QED) is 0.215. The molecule has 5 fully saturated rings. The standard InChI is InChI=1S/C20H37NO3.C16H31NO3/c1-3-23-20(24-4-2)11-13-21(14-12-20)19-9-7-18(8-10-19)16-22-15-17-5-6-17;1-3-19-16(20-4-2)9-11-17(12-10-16)15-7-5-14(13-18)6-8-15/h17-19H,3-16H2,1-2H3;14-15,18H,3-13H2,1-2H3. The Kier molecular flexibility index (Phi) is 15.7. The largest absolute Gasteiger partial charge is 0.396 e. The molecule has 1 N–H and O–H groups in total. The van der Waals surface area contributed by atoms with Crippen molar-refractivity contribution in [3.05, 3.63) is 0 Å². The lowest BCUT2D eigenvalue weighted by molar-refractivity contribution is -0.255. The molecule has 258 valence electrons. The Hall–Kier alpha value is -0.320. The van der Waals surface area contributed by atoms with Gasteiger partial charge in [0.15, 0.2) is 11.6 Å². The lowest BCUT2D eigenvalue weighted by Gasteiger charge is -2.45. The average Bonchev–Trinajstić information content (AvgIpc) is 3.88. The number of hydrogen-bond acceptors (Lipinski definition) is 8. The van der Waals surface area contributed by atoms with Crippen molar-refractivity contribution < 1.29 is 28.8 Å². The third kappa shape index (κ3) is 11.1. The molecule has 0 bridgehead atoms. The summed E-state index contributed by atoms with van der Waals surface area (Å²) in [4.78, 5) is 5.31. The van der Waals surface area contributed by atoms with Crippen LogP contribution >= 0.6 is 0 Å². The fourth-order valence-electron chi connectivity index (χ4n) is 8.23. The van der Waals surface area contributed by atoms with Gasteiger partial charge in [-0.05, 0) is 110 Å². The minimum atomic E-state index is -0.331. The molecule has 5 aliphatic rings. The van der Waals surface area contributed by atoms with Gasteiger partial charge in [-0.2, -0.15) is 0 Å². The molecule has 5 rings (SSSR count). The van der Waals surface area contributed by atoms with Crippen molar-refractivity contribution in [2.45, 2.75) is 141 Å². The van der Waals surface area contributed by atoms with Crippen LogP contribution in [-0.2, 0) is 23.7 Å². The summed E-state index contributed by atoms with van der Waals surface area (Å²) in [7, 11) is 0.